The quantitative estimate of drug-likeness (QED) is 0.112. The van der Waals surface area contributed by atoms with Crippen LogP contribution >= 0.6 is 0 Å². The van der Waals surface area contributed by atoms with Gasteiger partial charge in [0, 0.05) is 65.5 Å². The van der Waals surface area contributed by atoms with Gasteiger partial charge in [0.05, 0.1) is 41.7 Å². The monoisotopic (exact) mass is 1080 g/mol. The Morgan fingerprint density at radius 1 is 0.618 bits per heavy atom. The number of pyridine rings is 3. The number of aromatic nitrogens is 5. The molecule has 0 saturated heterocycles. The summed E-state index contributed by atoms with van der Waals surface area (Å²) in [5.41, 5.74) is 15.7. The molecule has 5 heterocycles. The maximum Gasteiger partial charge on any atom is 0.216 e. The smallest absolute Gasteiger partial charge is 0.216 e. The van der Waals surface area contributed by atoms with Gasteiger partial charge < -0.3 is 14.0 Å². The molecule has 339 valence electrons. The first kappa shape index (κ1) is 46.3. The van der Waals surface area contributed by atoms with E-state index < -0.39 is 8.07 Å². The second-order valence-electron chi connectivity index (χ2n) is 18.9. The molecule has 1 unspecified atom stereocenters. The fourth-order valence-corrected chi connectivity index (χ4v) is 9.84. The van der Waals surface area contributed by atoms with E-state index in [9.17, 15) is 0 Å². The molecule has 0 saturated carbocycles. The molecule has 8 heteroatoms. The van der Waals surface area contributed by atoms with E-state index in [2.05, 4.69) is 215 Å². The molecule has 6 nitrogen and oxygen atoms in total. The fraction of sp³-hybridized carbons (Fsp3) is 0.167. The Morgan fingerprint density at radius 3 is 1.94 bits per heavy atom. The van der Waals surface area contributed by atoms with Crippen molar-refractivity contribution in [2.45, 2.75) is 60.2 Å². The Hall–Kier alpha value is -6.83. The molecule has 0 bridgehead atoms. The first-order valence-electron chi connectivity index (χ1n) is 23.2. The van der Waals surface area contributed by atoms with Crippen LogP contribution in [0, 0.1) is 31.9 Å². The third-order valence-electron chi connectivity index (χ3n) is 12.9. The van der Waals surface area contributed by atoms with Crippen molar-refractivity contribution in [3.63, 3.8) is 0 Å². The van der Waals surface area contributed by atoms with Gasteiger partial charge in [-0.2, -0.15) is 0 Å². The largest absolute Gasteiger partial charge is 0.486 e. The van der Waals surface area contributed by atoms with Gasteiger partial charge in [-0.25, -0.2) is 4.98 Å². The summed E-state index contributed by atoms with van der Waals surface area (Å²) in [7, 11) is -1.24. The van der Waals surface area contributed by atoms with Crippen molar-refractivity contribution >= 4 is 57.3 Å². The van der Waals surface area contributed by atoms with Crippen LogP contribution in [0.25, 0.3) is 94.6 Å². The number of rotatable bonds is 8. The zero-order valence-electron chi connectivity index (χ0n) is 39.7. The van der Waals surface area contributed by atoms with E-state index in [4.69, 9.17) is 19.4 Å². The molecule has 68 heavy (non-hydrogen) atoms. The molecular formula is C60H53IrN5OSi-2. The standard InChI is InChI=1S/C45H35N4O.C15H18NSi.Ir/c1-27(2)29(4)38-24-23-35-34-19-12-20-37(43(34)50-45(35)48-38)44-47-40-26-25-39-36(22-21-28(3)46-39)42(40)49(44)41-32(30-13-7-5-8-14-30)17-11-18-33(41)31-15-9-6-10-16-31;1-12-5-7-13(8-6-12)15-10-9-14(11-16-15)17(2,3)4;/h5-19,21-27,29H,1-4H3;5-7,9-11H,1-4H3;/q2*-1;. The summed E-state index contributed by atoms with van der Waals surface area (Å²) >= 11 is 0. The molecule has 0 N–H and O–H groups in total. The first-order valence-corrected chi connectivity index (χ1v) is 26.7. The predicted molar refractivity (Wildman–Crippen MR) is 281 cm³/mol. The first-order chi connectivity index (χ1) is 32.4. The molecule has 6 aromatic carbocycles. The maximum atomic E-state index is 6.72. The third-order valence-corrected chi connectivity index (χ3v) is 15.0. The number of hydrogen-bond acceptors (Lipinski definition) is 5. The molecule has 1 radical (unpaired) electrons. The van der Waals surface area contributed by atoms with Crippen molar-refractivity contribution in [1.29, 1.82) is 0 Å². The van der Waals surface area contributed by atoms with Crippen molar-refractivity contribution in [3.8, 4) is 50.6 Å². The molecule has 0 spiro atoms. The average molecular weight is 1080 g/mol. The summed E-state index contributed by atoms with van der Waals surface area (Å²) in [4.78, 5) is 19.9. The number of hydrogen-bond donors (Lipinski definition) is 0. The SMILES string of the molecule is Cc1c[c-]c(-c2ccc([Si](C)(C)C)cn2)cc1.Cc1ccc2c(ccc3nc(-c4[c-]ccc5c4oc4nc(C(C)C(C)C)ccc45)n(-c4c(-c5ccccc5)cccc4-c4ccccc4)c32)n1.[Ir]. The van der Waals surface area contributed by atoms with Crippen LogP contribution in [-0.2, 0) is 20.1 Å². The van der Waals surface area contributed by atoms with Crippen LogP contribution in [0.15, 0.2) is 168 Å². The van der Waals surface area contributed by atoms with E-state index >= 15 is 0 Å². The van der Waals surface area contributed by atoms with Gasteiger partial charge in [-0.05, 0) is 71.2 Å². The van der Waals surface area contributed by atoms with E-state index in [0.717, 1.165) is 100 Å². The summed E-state index contributed by atoms with van der Waals surface area (Å²) in [5, 5.41) is 4.40. The van der Waals surface area contributed by atoms with Gasteiger partial charge in [0.2, 0.25) is 5.71 Å². The van der Waals surface area contributed by atoms with Gasteiger partial charge in [-0.3, -0.25) is 9.97 Å². The number of aryl methyl sites for hydroxylation is 2. The van der Waals surface area contributed by atoms with Crippen LogP contribution in [0.4, 0.5) is 0 Å². The zero-order valence-corrected chi connectivity index (χ0v) is 43.1. The molecule has 0 aliphatic carbocycles. The molecular weight excluding hydrogens is 1030 g/mol. The van der Waals surface area contributed by atoms with Gasteiger partial charge in [-0.15, -0.1) is 53.6 Å². The average Bonchev–Trinajstić information content (AvgIpc) is 3.93. The van der Waals surface area contributed by atoms with E-state index in [1.54, 1.807) is 0 Å². The molecule has 1 atom stereocenters. The van der Waals surface area contributed by atoms with Crippen LogP contribution in [0.2, 0.25) is 19.6 Å². The third kappa shape index (κ3) is 8.88. The fourth-order valence-electron chi connectivity index (χ4n) is 8.80. The molecule has 0 amide bonds. The Labute approximate surface area is 413 Å². The Morgan fingerprint density at radius 2 is 1.31 bits per heavy atom. The maximum absolute atomic E-state index is 6.72. The Kier molecular flexibility index (Phi) is 13.0. The van der Waals surface area contributed by atoms with Crippen LogP contribution in [0.1, 0.15) is 43.6 Å². The minimum absolute atomic E-state index is 0. The summed E-state index contributed by atoms with van der Waals surface area (Å²) in [6.07, 6.45) is 2.02. The van der Waals surface area contributed by atoms with E-state index in [1.165, 1.54) is 10.8 Å². The van der Waals surface area contributed by atoms with Gasteiger partial charge in [0.25, 0.3) is 0 Å². The van der Waals surface area contributed by atoms with E-state index in [0.29, 0.717) is 17.5 Å². The summed E-state index contributed by atoms with van der Waals surface area (Å²) < 4.78 is 9.04. The number of nitrogens with zero attached hydrogens (tertiary/aromatic N) is 5. The molecule has 0 fully saturated rings. The summed E-state index contributed by atoms with van der Waals surface area (Å²) in [5.74, 6) is 1.51. The Balaban J connectivity index is 0.000000272. The van der Waals surface area contributed by atoms with Crippen molar-refractivity contribution in [2.75, 3.05) is 0 Å². The number of furan rings is 1. The topological polar surface area (TPSA) is 69.6 Å². The van der Waals surface area contributed by atoms with Crippen molar-refractivity contribution in [3.05, 3.63) is 193 Å². The second-order valence-corrected chi connectivity index (χ2v) is 24.0. The van der Waals surface area contributed by atoms with Gasteiger partial charge >= 0.3 is 0 Å². The number of fused-ring (bicyclic) bond motifs is 6. The Bertz CT molecular complexity index is 3500. The van der Waals surface area contributed by atoms with E-state index in [-0.39, 0.29) is 20.1 Å². The molecule has 0 aliphatic rings. The normalized spacial score (nSPS) is 12.1. The van der Waals surface area contributed by atoms with Crippen LogP contribution in [-0.4, -0.2) is 32.6 Å². The van der Waals surface area contributed by atoms with Crippen LogP contribution in [0.3, 0.4) is 0 Å². The minimum Gasteiger partial charge on any atom is -0.486 e. The predicted octanol–water partition coefficient (Wildman–Crippen LogP) is 15.1. The summed E-state index contributed by atoms with van der Waals surface area (Å²) in [6, 6.07) is 61.8. The summed E-state index contributed by atoms with van der Waals surface area (Å²) in [6.45, 7) is 17.8. The van der Waals surface area contributed by atoms with Crippen LogP contribution < -0.4 is 5.19 Å². The van der Waals surface area contributed by atoms with E-state index in [1.807, 2.05) is 25.3 Å². The number of benzene rings is 6. The molecule has 0 aliphatic heterocycles. The molecule has 11 aromatic rings. The zero-order chi connectivity index (χ0) is 46.4. The minimum atomic E-state index is -1.24. The van der Waals surface area contributed by atoms with Gasteiger partial charge in [0.15, 0.2) is 0 Å². The number of para-hydroxylation sites is 1. The second kappa shape index (κ2) is 19.0. The molecule has 11 rings (SSSR count). The van der Waals surface area contributed by atoms with Crippen LogP contribution in [0.5, 0.6) is 0 Å². The van der Waals surface area contributed by atoms with Crippen molar-refractivity contribution < 1.29 is 24.5 Å². The van der Waals surface area contributed by atoms with Crippen molar-refractivity contribution in [2.24, 2.45) is 5.92 Å². The van der Waals surface area contributed by atoms with Gasteiger partial charge in [0.1, 0.15) is 0 Å². The van der Waals surface area contributed by atoms with Gasteiger partial charge in [-0.1, -0.05) is 149 Å². The molecule has 5 aromatic heterocycles. The van der Waals surface area contributed by atoms with Crippen molar-refractivity contribution in [1.82, 2.24) is 24.5 Å². The number of imidazole rings is 1.